The highest BCUT2D eigenvalue weighted by Gasteiger charge is 2.20. The van der Waals surface area contributed by atoms with Gasteiger partial charge in [0.15, 0.2) is 0 Å². The van der Waals surface area contributed by atoms with Crippen LogP contribution >= 0.6 is 23.5 Å². The van der Waals surface area contributed by atoms with Gasteiger partial charge in [-0.1, -0.05) is 42.1 Å². The zero-order chi connectivity index (χ0) is 16.2. The van der Waals surface area contributed by atoms with Crippen molar-refractivity contribution in [2.24, 2.45) is 0 Å². The summed E-state index contributed by atoms with van der Waals surface area (Å²) in [6, 6.07) is 15.7. The van der Waals surface area contributed by atoms with E-state index in [2.05, 4.69) is 73.8 Å². The van der Waals surface area contributed by atoms with Crippen LogP contribution in [0.15, 0.2) is 58.3 Å². The number of benzene rings is 2. The summed E-state index contributed by atoms with van der Waals surface area (Å²) < 4.78 is 0. The molecule has 1 aliphatic rings. The fourth-order valence-corrected chi connectivity index (χ4v) is 4.46. The fourth-order valence-electron chi connectivity index (χ4n) is 2.86. The van der Waals surface area contributed by atoms with E-state index in [0.29, 0.717) is 0 Å². The maximum atomic E-state index is 2.42. The van der Waals surface area contributed by atoms with Gasteiger partial charge in [0.25, 0.3) is 0 Å². The topological polar surface area (TPSA) is 3.24 Å². The second-order valence-electron chi connectivity index (χ2n) is 6.07. The molecule has 0 N–H and O–H groups in total. The van der Waals surface area contributed by atoms with Gasteiger partial charge in [-0.25, -0.2) is 0 Å². The molecule has 3 heteroatoms. The molecule has 1 aliphatic heterocycles. The van der Waals surface area contributed by atoms with Gasteiger partial charge in [-0.2, -0.15) is 11.8 Å². The first-order chi connectivity index (χ1) is 11.2. The molecule has 0 aliphatic carbocycles. The minimum Gasteiger partial charge on any atom is -0.309 e. The number of fused-ring (bicyclic) bond motifs is 2. The van der Waals surface area contributed by atoms with Gasteiger partial charge in [0.05, 0.1) is 0 Å². The summed E-state index contributed by atoms with van der Waals surface area (Å²) in [6.07, 6.45) is 5.66. The SMILES string of the molecule is CSCc1ccc2c(c1)/C(=C/CCN(C)C)c1ccccc1S2. The smallest absolute Gasteiger partial charge is 0.0201 e. The van der Waals surface area contributed by atoms with E-state index < -0.39 is 0 Å². The van der Waals surface area contributed by atoms with E-state index in [1.54, 1.807) is 0 Å². The van der Waals surface area contributed by atoms with Crippen LogP contribution in [0.25, 0.3) is 5.57 Å². The Morgan fingerprint density at radius 2 is 1.83 bits per heavy atom. The van der Waals surface area contributed by atoms with Crippen molar-refractivity contribution < 1.29 is 0 Å². The van der Waals surface area contributed by atoms with Crippen molar-refractivity contribution >= 4 is 29.1 Å². The van der Waals surface area contributed by atoms with Crippen LogP contribution in [0.2, 0.25) is 0 Å². The molecule has 1 nitrogen and oxygen atoms in total. The molecule has 0 unspecified atom stereocenters. The normalized spacial score (nSPS) is 14.9. The number of hydrogen-bond donors (Lipinski definition) is 0. The molecule has 0 atom stereocenters. The van der Waals surface area contributed by atoms with Crippen LogP contribution in [0.3, 0.4) is 0 Å². The lowest BCUT2D eigenvalue weighted by Gasteiger charge is -2.23. The molecular formula is C20H23NS2. The molecule has 0 aromatic heterocycles. The van der Waals surface area contributed by atoms with Crippen molar-refractivity contribution in [3.8, 4) is 0 Å². The first kappa shape index (κ1) is 16.7. The van der Waals surface area contributed by atoms with Gasteiger partial charge in [-0.05, 0) is 67.2 Å². The molecule has 1 heterocycles. The van der Waals surface area contributed by atoms with Gasteiger partial charge in [-0.15, -0.1) is 0 Å². The minimum atomic E-state index is 1.07. The van der Waals surface area contributed by atoms with Crippen LogP contribution in [0.4, 0.5) is 0 Å². The van der Waals surface area contributed by atoms with Crippen molar-refractivity contribution in [2.45, 2.75) is 22.0 Å². The van der Waals surface area contributed by atoms with E-state index in [1.165, 1.54) is 32.1 Å². The predicted octanol–water partition coefficient (Wildman–Crippen LogP) is 5.40. The molecule has 0 bridgehead atoms. The van der Waals surface area contributed by atoms with Crippen LogP contribution < -0.4 is 0 Å². The van der Waals surface area contributed by atoms with Gasteiger partial charge < -0.3 is 4.90 Å². The zero-order valence-electron chi connectivity index (χ0n) is 14.0. The molecule has 0 saturated heterocycles. The average Bonchev–Trinajstić information content (AvgIpc) is 2.54. The van der Waals surface area contributed by atoms with Crippen molar-refractivity contribution in [1.82, 2.24) is 4.90 Å². The monoisotopic (exact) mass is 341 g/mol. The van der Waals surface area contributed by atoms with Gasteiger partial charge in [0.2, 0.25) is 0 Å². The lowest BCUT2D eigenvalue weighted by Crippen LogP contribution is -2.12. The molecular weight excluding hydrogens is 318 g/mol. The predicted molar refractivity (Wildman–Crippen MR) is 104 cm³/mol. The third-order valence-corrected chi connectivity index (χ3v) is 5.74. The van der Waals surface area contributed by atoms with E-state index in [0.717, 1.165) is 18.7 Å². The van der Waals surface area contributed by atoms with Gasteiger partial charge in [0.1, 0.15) is 0 Å². The first-order valence-corrected chi connectivity index (χ1v) is 10.1. The van der Waals surface area contributed by atoms with Crippen LogP contribution in [0.1, 0.15) is 23.1 Å². The Morgan fingerprint density at radius 3 is 2.61 bits per heavy atom. The van der Waals surface area contributed by atoms with E-state index in [9.17, 15) is 0 Å². The second-order valence-corrected chi connectivity index (χ2v) is 8.02. The Labute approximate surface area is 148 Å². The van der Waals surface area contributed by atoms with Gasteiger partial charge in [-0.3, -0.25) is 0 Å². The zero-order valence-corrected chi connectivity index (χ0v) is 15.6. The summed E-state index contributed by atoms with van der Waals surface area (Å²) in [5.41, 5.74) is 5.60. The summed E-state index contributed by atoms with van der Waals surface area (Å²) in [5, 5.41) is 0. The Balaban J connectivity index is 2.03. The van der Waals surface area contributed by atoms with Crippen LogP contribution in [0, 0.1) is 0 Å². The number of thioether (sulfide) groups is 1. The van der Waals surface area contributed by atoms with Crippen LogP contribution in [-0.2, 0) is 5.75 Å². The molecule has 23 heavy (non-hydrogen) atoms. The molecule has 2 aromatic rings. The molecule has 120 valence electrons. The van der Waals surface area contributed by atoms with Crippen molar-refractivity contribution in [2.75, 3.05) is 26.9 Å². The Hall–Kier alpha value is -1.16. The van der Waals surface area contributed by atoms with E-state index in [4.69, 9.17) is 0 Å². The van der Waals surface area contributed by atoms with Gasteiger partial charge >= 0.3 is 0 Å². The third-order valence-electron chi connectivity index (χ3n) is 3.97. The minimum absolute atomic E-state index is 1.07. The average molecular weight is 342 g/mol. The lowest BCUT2D eigenvalue weighted by molar-refractivity contribution is 0.417. The summed E-state index contributed by atoms with van der Waals surface area (Å²) in [7, 11) is 4.27. The quantitative estimate of drug-likeness (QED) is 0.612. The number of rotatable bonds is 5. The molecule has 0 spiro atoms. The Kier molecular flexibility index (Phi) is 5.52. The van der Waals surface area contributed by atoms with Crippen LogP contribution in [0.5, 0.6) is 0 Å². The maximum Gasteiger partial charge on any atom is 0.0201 e. The highest BCUT2D eigenvalue weighted by Crippen LogP contribution is 2.45. The van der Waals surface area contributed by atoms with Crippen molar-refractivity contribution in [3.05, 3.63) is 65.2 Å². The van der Waals surface area contributed by atoms with E-state index in [-0.39, 0.29) is 0 Å². The molecule has 0 fully saturated rings. The number of nitrogens with zero attached hydrogens (tertiary/aromatic N) is 1. The molecule has 2 aromatic carbocycles. The van der Waals surface area contributed by atoms with Crippen LogP contribution in [-0.4, -0.2) is 31.8 Å². The number of hydrogen-bond acceptors (Lipinski definition) is 3. The standard InChI is InChI=1S/C20H23NS2/c1-21(2)12-6-8-16-17-7-4-5-9-19(17)23-20-11-10-15(14-22-3)13-18(16)20/h4-5,7-11,13H,6,12,14H2,1-3H3/b16-8+. The molecule has 0 saturated carbocycles. The summed E-state index contributed by atoms with van der Waals surface area (Å²) in [6.45, 7) is 1.08. The molecule has 0 radical (unpaired) electrons. The Morgan fingerprint density at radius 1 is 1.04 bits per heavy atom. The van der Waals surface area contributed by atoms with Crippen molar-refractivity contribution in [3.63, 3.8) is 0 Å². The third kappa shape index (κ3) is 3.85. The highest BCUT2D eigenvalue weighted by molar-refractivity contribution is 7.99. The molecule has 3 rings (SSSR count). The highest BCUT2D eigenvalue weighted by atomic mass is 32.2. The maximum absolute atomic E-state index is 2.42. The Bertz CT molecular complexity index is 719. The first-order valence-electron chi connectivity index (χ1n) is 7.93. The van der Waals surface area contributed by atoms with E-state index >= 15 is 0 Å². The van der Waals surface area contributed by atoms with Crippen molar-refractivity contribution in [1.29, 1.82) is 0 Å². The lowest BCUT2D eigenvalue weighted by atomic mass is 9.95. The van der Waals surface area contributed by atoms with E-state index in [1.807, 2.05) is 23.5 Å². The largest absolute Gasteiger partial charge is 0.309 e. The summed E-state index contributed by atoms with van der Waals surface area (Å²) in [5.74, 6) is 1.07. The molecule has 0 amide bonds. The summed E-state index contributed by atoms with van der Waals surface area (Å²) >= 11 is 3.78. The second kappa shape index (κ2) is 7.61. The summed E-state index contributed by atoms with van der Waals surface area (Å²) in [4.78, 5) is 4.99. The van der Waals surface area contributed by atoms with Gasteiger partial charge in [0, 0.05) is 22.1 Å². The fraction of sp³-hybridized carbons (Fsp3) is 0.300.